The van der Waals surface area contributed by atoms with Crippen LogP contribution in [-0.4, -0.2) is 17.7 Å². The highest BCUT2D eigenvalue weighted by Gasteiger charge is 2.37. The molecule has 2 aliphatic carbocycles. The molecule has 0 heterocycles. The third-order valence-electron chi connectivity index (χ3n) is 8.56. The van der Waals surface area contributed by atoms with Crippen LogP contribution < -0.4 is 9.47 Å². The number of carbonyl (C=O) groups is 1. The van der Waals surface area contributed by atoms with E-state index in [1.54, 1.807) is 6.07 Å². The maximum absolute atomic E-state index is 15.2. The van der Waals surface area contributed by atoms with E-state index in [0.29, 0.717) is 36.4 Å². The van der Waals surface area contributed by atoms with Gasteiger partial charge in [-0.3, -0.25) is 4.79 Å². The number of benzene rings is 3. The van der Waals surface area contributed by atoms with E-state index in [1.807, 2.05) is 49.4 Å². The van der Waals surface area contributed by atoms with Crippen LogP contribution in [0.3, 0.4) is 0 Å². The van der Waals surface area contributed by atoms with E-state index in [4.69, 9.17) is 9.47 Å². The molecule has 0 aliphatic heterocycles. The Morgan fingerprint density at radius 3 is 2.49 bits per heavy atom. The fourth-order valence-electron chi connectivity index (χ4n) is 6.35. The van der Waals surface area contributed by atoms with Crippen molar-refractivity contribution in [2.75, 3.05) is 6.61 Å². The predicted octanol–water partition coefficient (Wildman–Crippen LogP) is 8.73. The van der Waals surface area contributed by atoms with Gasteiger partial charge in [0.15, 0.2) is 0 Å². The van der Waals surface area contributed by atoms with Crippen molar-refractivity contribution in [2.45, 2.75) is 77.7 Å². The summed E-state index contributed by atoms with van der Waals surface area (Å²) in [5.74, 6) is 1.20. The molecular weight excluding hydrogens is 491 g/mol. The van der Waals surface area contributed by atoms with Gasteiger partial charge in [0.05, 0.1) is 13.0 Å². The van der Waals surface area contributed by atoms with Gasteiger partial charge in [-0.1, -0.05) is 50.6 Å². The SMILES string of the molecule is CCOc1ccc(F)c(-c2ccc(COc3cccc([C@H](CC(=O)O)C4CC4)c3)cc2[C@H]2CCCC2(C)C)c1. The maximum atomic E-state index is 15.2. The molecule has 2 aliphatic rings. The minimum absolute atomic E-state index is 0.0314. The Kier molecular flexibility index (Phi) is 7.97. The smallest absolute Gasteiger partial charge is 0.303 e. The topological polar surface area (TPSA) is 55.8 Å². The number of carboxylic acid groups (broad SMARTS) is 1. The van der Waals surface area contributed by atoms with Crippen molar-refractivity contribution < 1.29 is 23.8 Å². The minimum atomic E-state index is -0.760. The van der Waals surface area contributed by atoms with Crippen molar-refractivity contribution in [3.8, 4) is 22.6 Å². The molecule has 2 saturated carbocycles. The number of aliphatic carboxylic acids is 1. The van der Waals surface area contributed by atoms with Gasteiger partial charge in [0.1, 0.15) is 23.9 Å². The Morgan fingerprint density at radius 1 is 1.00 bits per heavy atom. The summed E-state index contributed by atoms with van der Waals surface area (Å²) >= 11 is 0. The van der Waals surface area contributed by atoms with E-state index in [0.717, 1.165) is 60.1 Å². The molecule has 2 atom stereocenters. The van der Waals surface area contributed by atoms with Crippen molar-refractivity contribution in [1.29, 1.82) is 0 Å². The minimum Gasteiger partial charge on any atom is -0.494 e. The molecule has 0 bridgehead atoms. The summed E-state index contributed by atoms with van der Waals surface area (Å²) in [4.78, 5) is 11.4. The van der Waals surface area contributed by atoms with Gasteiger partial charge < -0.3 is 14.6 Å². The Hall–Kier alpha value is -3.34. The van der Waals surface area contributed by atoms with Gasteiger partial charge in [0.2, 0.25) is 0 Å². The highest BCUT2D eigenvalue weighted by Crippen LogP contribution is 2.51. The van der Waals surface area contributed by atoms with Gasteiger partial charge in [0.25, 0.3) is 0 Å². The lowest BCUT2D eigenvalue weighted by atomic mass is 9.75. The van der Waals surface area contributed by atoms with Crippen molar-refractivity contribution in [3.05, 3.63) is 83.2 Å². The monoisotopic (exact) mass is 530 g/mol. The van der Waals surface area contributed by atoms with Gasteiger partial charge in [-0.25, -0.2) is 4.39 Å². The molecule has 206 valence electrons. The molecule has 5 heteroatoms. The van der Waals surface area contributed by atoms with Crippen molar-refractivity contribution in [3.63, 3.8) is 0 Å². The van der Waals surface area contributed by atoms with E-state index in [-0.39, 0.29) is 23.6 Å². The summed E-state index contributed by atoms with van der Waals surface area (Å²) in [5, 5.41) is 9.40. The molecule has 0 spiro atoms. The normalized spacial score (nSPS) is 19.0. The molecule has 5 rings (SSSR count). The van der Waals surface area contributed by atoms with Crippen LogP contribution in [0.2, 0.25) is 0 Å². The summed E-state index contributed by atoms with van der Waals surface area (Å²) in [5.41, 5.74) is 4.84. The fourth-order valence-corrected chi connectivity index (χ4v) is 6.35. The fraction of sp³-hybridized carbons (Fsp3) is 0.441. The van der Waals surface area contributed by atoms with Crippen LogP contribution in [-0.2, 0) is 11.4 Å². The summed E-state index contributed by atoms with van der Waals surface area (Å²) in [6.07, 6.45) is 5.70. The molecule has 3 aromatic rings. The van der Waals surface area contributed by atoms with E-state index in [9.17, 15) is 9.90 Å². The van der Waals surface area contributed by atoms with Gasteiger partial charge in [-0.2, -0.15) is 0 Å². The first-order valence-electron chi connectivity index (χ1n) is 14.2. The molecule has 3 aromatic carbocycles. The maximum Gasteiger partial charge on any atom is 0.303 e. The first-order valence-corrected chi connectivity index (χ1v) is 14.2. The second kappa shape index (κ2) is 11.4. The zero-order valence-corrected chi connectivity index (χ0v) is 23.2. The van der Waals surface area contributed by atoms with E-state index >= 15 is 4.39 Å². The van der Waals surface area contributed by atoms with Crippen LogP contribution in [0.1, 0.15) is 87.8 Å². The van der Waals surface area contributed by atoms with Crippen molar-refractivity contribution in [1.82, 2.24) is 0 Å². The Labute approximate surface area is 231 Å². The molecule has 1 N–H and O–H groups in total. The first kappa shape index (κ1) is 27.2. The highest BCUT2D eigenvalue weighted by atomic mass is 19.1. The van der Waals surface area contributed by atoms with E-state index in [1.165, 1.54) is 6.07 Å². The van der Waals surface area contributed by atoms with Gasteiger partial charge in [-0.15, -0.1) is 0 Å². The molecule has 0 aromatic heterocycles. The van der Waals surface area contributed by atoms with Gasteiger partial charge in [0, 0.05) is 5.56 Å². The number of rotatable bonds is 11. The van der Waals surface area contributed by atoms with Crippen LogP contribution in [0.5, 0.6) is 11.5 Å². The quantitative estimate of drug-likeness (QED) is 0.269. The third-order valence-corrected chi connectivity index (χ3v) is 8.56. The zero-order chi connectivity index (χ0) is 27.6. The number of ether oxygens (including phenoxy) is 2. The lowest BCUT2D eigenvalue weighted by molar-refractivity contribution is -0.137. The van der Waals surface area contributed by atoms with Crippen LogP contribution in [0, 0.1) is 17.2 Å². The molecule has 0 radical (unpaired) electrons. The Morgan fingerprint density at radius 2 is 1.79 bits per heavy atom. The standard InChI is InChI=1S/C34H39FO4/c1-4-38-26-13-15-32(35)30(19-26)27-14-10-22(17-29(27)31-9-6-16-34(31,2)3)21-39-25-8-5-7-24(18-25)28(20-33(36)37)23-11-12-23/h5,7-8,10,13-15,17-19,23,28,31H,4,6,9,11-12,16,20-21H2,1-3H3,(H,36,37)/t28-,31-/m1/s1. The number of halogens is 1. The van der Waals surface area contributed by atoms with Gasteiger partial charge >= 0.3 is 5.97 Å². The van der Waals surface area contributed by atoms with Gasteiger partial charge in [-0.05, 0) is 108 Å². The number of hydrogen-bond acceptors (Lipinski definition) is 3. The molecule has 39 heavy (non-hydrogen) atoms. The third kappa shape index (κ3) is 6.29. The predicted molar refractivity (Wildman–Crippen MR) is 152 cm³/mol. The Balaban J connectivity index is 1.43. The lowest BCUT2D eigenvalue weighted by Gasteiger charge is -2.30. The van der Waals surface area contributed by atoms with E-state index in [2.05, 4.69) is 19.9 Å². The van der Waals surface area contributed by atoms with Crippen molar-refractivity contribution in [2.24, 2.45) is 11.3 Å². The van der Waals surface area contributed by atoms with Crippen LogP contribution in [0.15, 0.2) is 60.7 Å². The molecular formula is C34H39FO4. The largest absolute Gasteiger partial charge is 0.494 e. The summed E-state index contributed by atoms with van der Waals surface area (Å²) in [6, 6.07) is 19.1. The summed E-state index contributed by atoms with van der Waals surface area (Å²) in [7, 11) is 0. The average Bonchev–Trinajstić information content (AvgIpc) is 3.69. The summed E-state index contributed by atoms with van der Waals surface area (Å²) < 4.78 is 27.1. The van der Waals surface area contributed by atoms with Crippen LogP contribution in [0.25, 0.3) is 11.1 Å². The highest BCUT2D eigenvalue weighted by molar-refractivity contribution is 5.71. The zero-order valence-electron chi connectivity index (χ0n) is 23.2. The summed E-state index contributed by atoms with van der Waals surface area (Å²) in [6.45, 7) is 7.46. The number of hydrogen-bond donors (Lipinski definition) is 1. The first-order chi connectivity index (χ1) is 18.7. The molecule has 0 saturated heterocycles. The second-order valence-electron chi connectivity index (χ2n) is 11.8. The molecule has 0 unspecified atom stereocenters. The average molecular weight is 531 g/mol. The molecule has 2 fully saturated rings. The molecule has 0 amide bonds. The second-order valence-corrected chi connectivity index (χ2v) is 11.8. The van der Waals surface area contributed by atoms with Crippen LogP contribution >= 0.6 is 0 Å². The number of carboxylic acids is 1. The van der Waals surface area contributed by atoms with Crippen LogP contribution in [0.4, 0.5) is 4.39 Å². The Bertz CT molecular complexity index is 1330. The van der Waals surface area contributed by atoms with E-state index < -0.39 is 5.97 Å². The molecule has 4 nitrogen and oxygen atoms in total. The lowest BCUT2D eigenvalue weighted by Crippen LogP contribution is -2.17. The van der Waals surface area contributed by atoms with Crippen molar-refractivity contribution >= 4 is 5.97 Å².